The molecule has 1 rings (SSSR count). The minimum absolute atomic E-state index is 0. The lowest BCUT2D eigenvalue weighted by Crippen LogP contribution is -2.35. The van der Waals surface area contributed by atoms with E-state index in [0.29, 0.717) is 0 Å². The minimum atomic E-state index is -0.134. The highest BCUT2D eigenvalue weighted by molar-refractivity contribution is 5.32. The summed E-state index contributed by atoms with van der Waals surface area (Å²) in [6.07, 6.45) is 1.99. The second kappa shape index (κ2) is 5.13. The summed E-state index contributed by atoms with van der Waals surface area (Å²) < 4.78 is 0. The van der Waals surface area contributed by atoms with Crippen molar-refractivity contribution in [3.63, 3.8) is 0 Å². The number of aryl methyl sites for hydroxylation is 1. The Morgan fingerprint density at radius 2 is 1.64 bits per heavy atom. The topological polar surface area (TPSA) is 57.5 Å². The molecule has 1 aromatic carbocycles. The van der Waals surface area contributed by atoms with Crippen LogP contribution in [-0.2, 0) is 5.54 Å². The molecule has 4 N–H and O–H groups in total. The standard InChI is InChI=1S/C12H19N.H2O/c1-4-12(13,5-2)11-9-7-6-8-10(11)3;/h6-9H,4-5,13H2,1-3H3;1H2. The summed E-state index contributed by atoms with van der Waals surface area (Å²) in [6.45, 7) is 6.42. The normalized spacial score (nSPS) is 10.9. The van der Waals surface area contributed by atoms with Gasteiger partial charge < -0.3 is 11.2 Å². The van der Waals surface area contributed by atoms with Gasteiger partial charge in [-0.25, -0.2) is 0 Å². The summed E-state index contributed by atoms with van der Waals surface area (Å²) >= 11 is 0. The number of rotatable bonds is 3. The van der Waals surface area contributed by atoms with E-state index in [2.05, 4.69) is 45.0 Å². The van der Waals surface area contributed by atoms with Gasteiger partial charge in [0.15, 0.2) is 0 Å². The highest BCUT2D eigenvalue weighted by Gasteiger charge is 2.23. The van der Waals surface area contributed by atoms with Crippen molar-refractivity contribution >= 4 is 0 Å². The molecule has 1 aromatic rings. The van der Waals surface area contributed by atoms with Crippen LogP contribution < -0.4 is 5.73 Å². The van der Waals surface area contributed by atoms with Crippen molar-refractivity contribution in [2.24, 2.45) is 5.73 Å². The van der Waals surface area contributed by atoms with E-state index in [1.54, 1.807) is 0 Å². The molecule has 0 aliphatic rings. The molecule has 2 nitrogen and oxygen atoms in total. The molecule has 0 aliphatic carbocycles. The van der Waals surface area contributed by atoms with Gasteiger partial charge in [0.05, 0.1) is 0 Å². The summed E-state index contributed by atoms with van der Waals surface area (Å²) in [6, 6.07) is 8.39. The molecule has 0 saturated heterocycles. The van der Waals surface area contributed by atoms with Crippen LogP contribution in [0, 0.1) is 6.92 Å². The largest absolute Gasteiger partial charge is 0.412 e. The van der Waals surface area contributed by atoms with Crippen molar-refractivity contribution in [1.82, 2.24) is 0 Å². The van der Waals surface area contributed by atoms with Gasteiger partial charge in [-0.3, -0.25) is 0 Å². The highest BCUT2D eigenvalue weighted by atomic mass is 16.0. The monoisotopic (exact) mass is 195 g/mol. The first-order valence-electron chi connectivity index (χ1n) is 4.99. The lowest BCUT2D eigenvalue weighted by molar-refractivity contribution is 0.410. The van der Waals surface area contributed by atoms with Gasteiger partial charge in [-0.15, -0.1) is 0 Å². The molecular weight excluding hydrogens is 174 g/mol. The average Bonchev–Trinajstić information content (AvgIpc) is 2.17. The van der Waals surface area contributed by atoms with E-state index in [4.69, 9.17) is 5.73 Å². The summed E-state index contributed by atoms with van der Waals surface area (Å²) in [4.78, 5) is 0. The number of hydrogen-bond donors (Lipinski definition) is 1. The van der Waals surface area contributed by atoms with Crippen molar-refractivity contribution < 1.29 is 5.48 Å². The van der Waals surface area contributed by atoms with Gasteiger partial charge in [0.2, 0.25) is 0 Å². The number of hydrogen-bond acceptors (Lipinski definition) is 1. The third-order valence-electron chi connectivity index (χ3n) is 2.94. The molecule has 0 radical (unpaired) electrons. The third-order valence-corrected chi connectivity index (χ3v) is 2.94. The Morgan fingerprint density at radius 1 is 1.14 bits per heavy atom. The summed E-state index contributed by atoms with van der Waals surface area (Å²) in [5, 5.41) is 0. The molecule has 0 amide bonds. The first kappa shape index (κ1) is 13.1. The van der Waals surface area contributed by atoms with Gasteiger partial charge in [-0.05, 0) is 30.9 Å². The maximum Gasteiger partial charge on any atom is 0.0407 e. The fourth-order valence-corrected chi connectivity index (χ4v) is 1.76. The Bertz CT molecular complexity index is 279. The SMILES string of the molecule is CCC(N)(CC)c1ccccc1C.O. The first-order chi connectivity index (χ1) is 6.14. The second-order valence-electron chi connectivity index (χ2n) is 3.68. The zero-order valence-electron chi connectivity index (χ0n) is 9.30. The first-order valence-corrected chi connectivity index (χ1v) is 4.99. The van der Waals surface area contributed by atoms with E-state index in [1.807, 2.05) is 0 Å². The summed E-state index contributed by atoms with van der Waals surface area (Å²) in [5.41, 5.74) is 8.78. The summed E-state index contributed by atoms with van der Waals surface area (Å²) in [5.74, 6) is 0. The maximum atomic E-state index is 6.32. The predicted molar refractivity (Wildman–Crippen MR) is 61.2 cm³/mol. The smallest absolute Gasteiger partial charge is 0.0407 e. The Hall–Kier alpha value is -0.860. The zero-order chi connectivity index (χ0) is 9.90. The molecule has 0 heterocycles. The van der Waals surface area contributed by atoms with Crippen LogP contribution >= 0.6 is 0 Å². The minimum Gasteiger partial charge on any atom is -0.412 e. The van der Waals surface area contributed by atoms with Crippen LogP contribution in [0.15, 0.2) is 24.3 Å². The highest BCUT2D eigenvalue weighted by Crippen LogP contribution is 2.27. The van der Waals surface area contributed by atoms with E-state index >= 15 is 0 Å². The lowest BCUT2D eigenvalue weighted by atomic mass is 9.83. The molecule has 0 spiro atoms. The molecule has 0 aromatic heterocycles. The number of benzene rings is 1. The molecular formula is C12H21NO. The van der Waals surface area contributed by atoms with Crippen LogP contribution in [0.3, 0.4) is 0 Å². The van der Waals surface area contributed by atoms with Gasteiger partial charge in [0, 0.05) is 5.54 Å². The molecule has 0 atom stereocenters. The van der Waals surface area contributed by atoms with E-state index in [1.165, 1.54) is 11.1 Å². The fourth-order valence-electron chi connectivity index (χ4n) is 1.76. The van der Waals surface area contributed by atoms with Crippen LogP contribution in [0.25, 0.3) is 0 Å². The lowest BCUT2D eigenvalue weighted by Gasteiger charge is -2.28. The van der Waals surface area contributed by atoms with Crippen LogP contribution in [0.2, 0.25) is 0 Å². The third kappa shape index (κ3) is 2.34. The molecule has 0 aliphatic heterocycles. The van der Waals surface area contributed by atoms with Crippen molar-refractivity contribution in [3.05, 3.63) is 35.4 Å². The van der Waals surface area contributed by atoms with E-state index in [-0.39, 0.29) is 11.0 Å². The van der Waals surface area contributed by atoms with Crippen LogP contribution in [0.4, 0.5) is 0 Å². The molecule has 0 unspecified atom stereocenters. The molecule has 0 saturated carbocycles. The Balaban J connectivity index is 0.00000169. The Labute approximate surface area is 86.4 Å². The quantitative estimate of drug-likeness (QED) is 0.789. The van der Waals surface area contributed by atoms with Crippen molar-refractivity contribution in [2.75, 3.05) is 0 Å². The van der Waals surface area contributed by atoms with E-state index in [0.717, 1.165) is 12.8 Å². The van der Waals surface area contributed by atoms with Crippen molar-refractivity contribution in [3.8, 4) is 0 Å². The zero-order valence-corrected chi connectivity index (χ0v) is 9.30. The van der Waals surface area contributed by atoms with Crippen LogP contribution in [0.5, 0.6) is 0 Å². The van der Waals surface area contributed by atoms with Gasteiger partial charge in [0.25, 0.3) is 0 Å². The van der Waals surface area contributed by atoms with E-state index in [9.17, 15) is 0 Å². The maximum absolute atomic E-state index is 6.32. The van der Waals surface area contributed by atoms with Gasteiger partial charge in [-0.1, -0.05) is 38.1 Å². The number of nitrogens with two attached hydrogens (primary N) is 1. The Morgan fingerprint density at radius 3 is 2.07 bits per heavy atom. The predicted octanol–water partition coefficient (Wildman–Crippen LogP) is 2.14. The van der Waals surface area contributed by atoms with Gasteiger partial charge in [-0.2, -0.15) is 0 Å². The molecule has 2 heteroatoms. The van der Waals surface area contributed by atoms with Crippen LogP contribution in [0.1, 0.15) is 37.8 Å². The fraction of sp³-hybridized carbons (Fsp3) is 0.500. The van der Waals surface area contributed by atoms with Crippen molar-refractivity contribution in [2.45, 2.75) is 39.2 Å². The molecule has 80 valence electrons. The van der Waals surface area contributed by atoms with Gasteiger partial charge in [0.1, 0.15) is 0 Å². The van der Waals surface area contributed by atoms with E-state index < -0.39 is 0 Å². The van der Waals surface area contributed by atoms with Crippen molar-refractivity contribution in [1.29, 1.82) is 0 Å². The molecule has 14 heavy (non-hydrogen) atoms. The van der Waals surface area contributed by atoms with Crippen LogP contribution in [-0.4, -0.2) is 5.48 Å². The Kier molecular flexibility index (Phi) is 4.81. The summed E-state index contributed by atoms with van der Waals surface area (Å²) in [7, 11) is 0. The van der Waals surface area contributed by atoms with Gasteiger partial charge >= 0.3 is 0 Å². The average molecular weight is 195 g/mol. The molecule has 0 fully saturated rings. The molecule has 0 bridgehead atoms. The second-order valence-corrected chi connectivity index (χ2v) is 3.68.